The van der Waals surface area contributed by atoms with Gasteiger partial charge in [0.1, 0.15) is 11.6 Å². The smallest absolute Gasteiger partial charge is 0.416 e. The molecule has 16 heavy (non-hydrogen) atoms. The third kappa shape index (κ3) is 2.42. The first-order valence-electron chi connectivity index (χ1n) is 4.23. The minimum Gasteiger partial charge on any atom is -0.507 e. The maximum atomic E-state index is 12.7. The van der Waals surface area contributed by atoms with E-state index in [4.69, 9.17) is 10.8 Å². The van der Waals surface area contributed by atoms with E-state index in [1.165, 1.54) is 0 Å². The summed E-state index contributed by atoms with van der Waals surface area (Å²) in [5.74, 6) is -2.15. The second-order valence-corrected chi connectivity index (χ2v) is 3.17. The first-order chi connectivity index (χ1) is 7.27. The summed E-state index contributed by atoms with van der Waals surface area (Å²) in [6, 6.07) is -0.678. The van der Waals surface area contributed by atoms with Crippen LogP contribution in [0.1, 0.15) is 17.2 Å². The van der Waals surface area contributed by atoms with E-state index in [-0.39, 0.29) is 6.07 Å². The van der Waals surface area contributed by atoms with Gasteiger partial charge in [0.2, 0.25) is 0 Å². The van der Waals surface area contributed by atoms with E-state index in [0.29, 0.717) is 6.07 Å². The second-order valence-electron chi connectivity index (χ2n) is 3.17. The Bertz CT molecular complexity index is 392. The van der Waals surface area contributed by atoms with Gasteiger partial charge in [-0.15, -0.1) is 0 Å². The maximum Gasteiger partial charge on any atom is 0.416 e. The molecule has 1 atom stereocenters. The van der Waals surface area contributed by atoms with Gasteiger partial charge in [0.25, 0.3) is 0 Å². The molecule has 90 valence electrons. The van der Waals surface area contributed by atoms with Crippen LogP contribution < -0.4 is 5.73 Å². The summed E-state index contributed by atoms with van der Waals surface area (Å²) in [7, 11) is 0. The van der Waals surface area contributed by atoms with Crippen LogP contribution >= 0.6 is 0 Å². The van der Waals surface area contributed by atoms with Crippen LogP contribution in [0.2, 0.25) is 0 Å². The number of hydrogen-bond donors (Lipinski definition) is 3. The molecule has 3 nitrogen and oxygen atoms in total. The normalized spacial score (nSPS) is 13.9. The number of benzene rings is 1. The molecule has 0 aliphatic rings. The van der Waals surface area contributed by atoms with Crippen LogP contribution in [-0.2, 0) is 6.18 Å². The molecule has 1 aromatic rings. The molecule has 0 heterocycles. The number of phenolic OH excluding ortho intramolecular Hbond substituents is 1. The summed E-state index contributed by atoms with van der Waals surface area (Å²) in [6.45, 7) is -0.789. The first-order valence-corrected chi connectivity index (χ1v) is 4.23. The molecule has 0 aliphatic heterocycles. The number of phenols is 1. The standard InChI is InChI=1S/C9H9F4NO2/c10-4-1-5(9(11,12)13)8(6(14)3-15)7(16)2-4/h1-2,6,15-16H,3,14H2/t6-/m0/s1. The highest BCUT2D eigenvalue weighted by Gasteiger charge is 2.36. The summed E-state index contributed by atoms with van der Waals surface area (Å²) in [5, 5.41) is 17.9. The van der Waals surface area contributed by atoms with Crippen molar-refractivity contribution in [1.29, 1.82) is 0 Å². The Morgan fingerprint density at radius 2 is 1.88 bits per heavy atom. The molecule has 1 aromatic carbocycles. The largest absolute Gasteiger partial charge is 0.507 e. The summed E-state index contributed by atoms with van der Waals surface area (Å²) < 4.78 is 50.2. The van der Waals surface area contributed by atoms with Gasteiger partial charge in [-0.3, -0.25) is 0 Å². The molecule has 0 spiro atoms. The fourth-order valence-corrected chi connectivity index (χ4v) is 1.32. The first kappa shape index (κ1) is 12.7. The summed E-state index contributed by atoms with van der Waals surface area (Å²) >= 11 is 0. The molecular formula is C9H9F4NO2. The van der Waals surface area contributed by atoms with Crippen molar-refractivity contribution in [1.82, 2.24) is 0 Å². The fourth-order valence-electron chi connectivity index (χ4n) is 1.32. The molecule has 0 saturated carbocycles. The zero-order valence-corrected chi connectivity index (χ0v) is 7.92. The van der Waals surface area contributed by atoms with Crippen molar-refractivity contribution in [2.24, 2.45) is 5.73 Å². The Morgan fingerprint density at radius 3 is 2.31 bits per heavy atom. The van der Waals surface area contributed by atoms with Gasteiger partial charge >= 0.3 is 6.18 Å². The number of aromatic hydroxyl groups is 1. The van der Waals surface area contributed by atoms with Crippen molar-refractivity contribution < 1.29 is 27.8 Å². The van der Waals surface area contributed by atoms with Crippen LogP contribution in [0.15, 0.2) is 12.1 Å². The predicted octanol–water partition coefficient (Wildman–Crippen LogP) is 1.54. The number of aliphatic hydroxyl groups is 1. The number of rotatable bonds is 2. The van der Waals surface area contributed by atoms with Gasteiger partial charge in [-0.25, -0.2) is 4.39 Å². The highest BCUT2D eigenvalue weighted by molar-refractivity contribution is 5.43. The van der Waals surface area contributed by atoms with E-state index >= 15 is 0 Å². The predicted molar refractivity (Wildman–Crippen MR) is 47.1 cm³/mol. The zero-order chi connectivity index (χ0) is 12.5. The van der Waals surface area contributed by atoms with Gasteiger partial charge in [0, 0.05) is 11.6 Å². The third-order valence-corrected chi connectivity index (χ3v) is 2.00. The van der Waals surface area contributed by atoms with E-state index in [1.54, 1.807) is 0 Å². The quantitative estimate of drug-likeness (QED) is 0.686. The molecule has 0 amide bonds. The van der Waals surface area contributed by atoms with Crippen LogP contribution in [0, 0.1) is 5.82 Å². The van der Waals surface area contributed by atoms with Crippen LogP contribution in [0.3, 0.4) is 0 Å². The van der Waals surface area contributed by atoms with Crippen LogP contribution in [-0.4, -0.2) is 16.8 Å². The number of aliphatic hydroxyl groups excluding tert-OH is 1. The lowest BCUT2D eigenvalue weighted by Crippen LogP contribution is -2.20. The molecule has 0 bridgehead atoms. The summed E-state index contributed by atoms with van der Waals surface area (Å²) in [6.07, 6.45) is -4.85. The Labute approximate surface area is 88.1 Å². The molecule has 1 rings (SSSR count). The topological polar surface area (TPSA) is 66.5 Å². The molecule has 0 saturated heterocycles. The fraction of sp³-hybridized carbons (Fsp3) is 0.333. The lowest BCUT2D eigenvalue weighted by Gasteiger charge is -2.18. The lowest BCUT2D eigenvalue weighted by atomic mass is 9.99. The highest BCUT2D eigenvalue weighted by Crippen LogP contribution is 2.38. The van der Waals surface area contributed by atoms with Gasteiger partial charge in [-0.05, 0) is 6.07 Å². The van der Waals surface area contributed by atoms with E-state index in [9.17, 15) is 22.7 Å². The third-order valence-electron chi connectivity index (χ3n) is 2.00. The van der Waals surface area contributed by atoms with Crippen molar-refractivity contribution in [3.8, 4) is 5.75 Å². The van der Waals surface area contributed by atoms with Crippen molar-refractivity contribution in [3.05, 3.63) is 29.1 Å². The van der Waals surface area contributed by atoms with Crippen molar-refractivity contribution in [2.75, 3.05) is 6.61 Å². The maximum absolute atomic E-state index is 12.7. The van der Waals surface area contributed by atoms with Crippen molar-refractivity contribution in [3.63, 3.8) is 0 Å². The van der Waals surface area contributed by atoms with Gasteiger partial charge in [0.15, 0.2) is 0 Å². The van der Waals surface area contributed by atoms with Crippen LogP contribution in [0.5, 0.6) is 5.75 Å². The number of halogens is 4. The Balaban J connectivity index is 3.44. The molecule has 7 heteroatoms. The molecule has 0 aromatic heterocycles. The van der Waals surface area contributed by atoms with Crippen molar-refractivity contribution in [2.45, 2.75) is 12.2 Å². The highest BCUT2D eigenvalue weighted by atomic mass is 19.4. The second kappa shape index (κ2) is 4.26. The van der Waals surface area contributed by atoms with E-state index in [1.807, 2.05) is 0 Å². The summed E-state index contributed by atoms with van der Waals surface area (Å²) in [5.41, 5.74) is 3.12. The molecular weight excluding hydrogens is 230 g/mol. The Hall–Kier alpha value is -1.34. The summed E-state index contributed by atoms with van der Waals surface area (Å²) in [4.78, 5) is 0. The minimum absolute atomic E-state index is 0.227. The minimum atomic E-state index is -4.85. The van der Waals surface area contributed by atoms with Crippen LogP contribution in [0.4, 0.5) is 17.6 Å². The van der Waals surface area contributed by atoms with Crippen molar-refractivity contribution >= 4 is 0 Å². The number of nitrogens with two attached hydrogens (primary N) is 1. The number of hydrogen-bond acceptors (Lipinski definition) is 3. The van der Waals surface area contributed by atoms with Crippen LogP contribution in [0.25, 0.3) is 0 Å². The Morgan fingerprint density at radius 1 is 1.31 bits per heavy atom. The molecule has 4 N–H and O–H groups in total. The molecule has 0 radical (unpaired) electrons. The van der Waals surface area contributed by atoms with Gasteiger partial charge in [-0.2, -0.15) is 13.2 Å². The monoisotopic (exact) mass is 239 g/mol. The lowest BCUT2D eigenvalue weighted by molar-refractivity contribution is -0.138. The average molecular weight is 239 g/mol. The Kier molecular flexibility index (Phi) is 3.39. The average Bonchev–Trinajstić information content (AvgIpc) is 2.14. The van der Waals surface area contributed by atoms with E-state index in [0.717, 1.165) is 0 Å². The van der Waals surface area contributed by atoms with E-state index < -0.39 is 41.5 Å². The SMILES string of the molecule is N[C@@H](CO)c1c(O)cc(F)cc1C(F)(F)F. The van der Waals surface area contributed by atoms with Gasteiger partial charge in [-0.1, -0.05) is 0 Å². The molecule has 0 fully saturated rings. The van der Waals surface area contributed by atoms with E-state index in [2.05, 4.69) is 0 Å². The zero-order valence-electron chi connectivity index (χ0n) is 7.92. The molecule has 0 aliphatic carbocycles. The van der Waals surface area contributed by atoms with Gasteiger partial charge in [0.05, 0.1) is 18.2 Å². The number of alkyl halides is 3. The molecule has 0 unspecified atom stereocenters. The van der Waals surface area contributed by atoms with Gasteiger partial charge < -0.3 is 15.9 Å².